The zero-order valence-electron chi connectivity index (χ0n) is 21.7. The van der Waals surface area contributed by atoms with Gasteiger partial charge in [0.25, 0.3) is 0 Å². The highest BCUT2D eigenvalue weighted by Gasteiger charge is 2.37. The molecule has 1 rings (SSSR count). The predicted molar refractivity (Wildman–Crippen MR) is 130 cm³/mol. The molecule has 0 saturated carbocycles. The maximum Gasteiger partial charge on any atom is 0.408 e. The fourth-order valence-corrected chi connectivity index (χ4v) is 3.51. The number of amides is 3. The number of nitriles is 1. The van der Waals surface area contributed by atoms with Gasteiger partial charge in [-0.25, -0.2) is 4.79 Å². The number of carbonyl (C=O) groups excluding carboxylic acids is 4. The van der Waals surface area contributed by atoms with Crippen molar-refractivity contribution in [2.75, 3.05) is 26.3 Å². The van der Waals surface area contributed by atoms with E-state index in [1.165, 1.54) is 0 Å². The van der Waals surface area contributed by atoms with Gasteiger partial charge in [0.1, 0.15) is 24.2 Å². The summed E-state index contributed by atoms with van der Waals surface area (Å²) in [5, 5.41) is 24.3. The molecule has 198 valence electrons. The first kappa shape index (κ1) is 30.4. The number of benzene rings is 1. The number of nitrogens with zero attached hydrogens (tertiary/aromatic N) is 2. The van der Waals surface area contributed by atoms with E-state index in [1.807, 2.05) is 6.07 Å². The molecule has 0 aliphatic carbocycles. The van der Waals surface area contributed by atoms with Crippen LogP contribution in [-0.2, 0) is 23.9 Å². The summed E-state index contributed by atoms with van der Waals surface area (Å²) >= 11 is 0. The molecule has 0 aliphatic rings. The highest BCUT2D eigenvalue weighted by Crippen LogP contribution is 2.28. The van der Waals surface area contributed by atoms with Gasteiger partial charge in [-0.3, -0.25) is 14.4 Å². The van der Waals surface area contributed by atoms with Crippen LogP contribution in [0, 0.1) is 25.2 Å². The second-order valence-electron chi connectivity index (χ2n) is 9.06. The summed E-state index contributed by atoms with van der Waals surface area (Å²) in [5.74, 6) is -1.97. The monoisotopic (exact) mass is 504 g/mol. The minimum Gasteiger partial charge on any atom is -0.466 e. The van der Waals surface area contributed by atoms with Crippen LogP contribution in [-0.4, -0.2) is 71.8 Å². The molecule has 0 aromatic heterocycles. The molecule has 1 aromatic rings. The Balaban J connectivity index is 3.36. The lowest BCUT2D eigenvalue weighted by Crippen LogP contribution is -2.54. The van der Waals surface area contributed by atoms with Gasteiger partial charge in [-0.15, -0.1) is 0 Å². The Morgan fingerprint density at radius 2 is 1.78 bits per heavy atom. The average molecular weight is 505 g/mol. The molecule has 0 radical (unpaired) electrons. The molecular weight excluding hydrogens is 468 g/mol. The number of hydrogen-bond acceptors (Lipinski definition) is 8. The van der Waals surface area contributed by atoms with Crippen molar-refractivity contribution in [2.45, 2.75) is 65.6 Å². The molecular formula is C25H36N4O7. The lowest BCUT2D eigenvalue weighted by molar-refractivity contribution is -0.144. The van der Waals surface area contributed by atoms with Gasteiger partial charge in [-0.05, 0) is 58.2 Å². The number of carbonyl (C=O) groups is 4. The van der Waals surface area contributed by atoms with E-state index in [4.69, 9.17) is 9.47 Å². The number of aryl methyl sites for hydroxylation is 2. The normalized spacial score (nSPS) is 12.5. The van der Waals surface area contributed by atoms with Crippen LogP contribution in [0.5, 0.6) is 0 Å². The molecule has 1 aromatic carbocycles. The number of nitrogens with one attached hydrogen (secondary N) is 2. The Morgan fingerprint density at radius 3 is 2.28 bits per heavy atom. The van der Waals surface area contributed by atoms with E-state index in [1.54, 1.807) is 59.7 Å². The van der Waals surface area contributed by atoms with Crippen LogP contribution in [0.15, 0.2) is 18.2 Å². The van der Waals surface area contributed by atoms with Gasteiger partial charge in [0, 0.05) is 6.54 Å². The van der Waals surface area contributed by atoms with Crippen molar-refractivity contribution in [3.63, 3.8) is 0 Å². The number of aliphatic hydroxyl groups is 1. The average Bonchev–Trinajstić information content (AvgIpc) is 2.77. The minimum atomic E-state index is -1.47. The lowest BCUT2D eigenvalue weighted by atomic mass is 9.93. The Kier molecular flexibility index (Phi) is 11.8. The first-order chi connectivity index (χ1) is 16.9. The standard InChI is InChI=1S/C25H36N4O7/c1-7-35-19(31)11-13-27-22(32)21(20-16(2)9-8-10-17(20)3)29(14-12-26)23(33)18(15-30)28-24(34)36-25(4,5)6/h8-10,18,21,30H,7,11,13-15H2,1-6H3,(H,27,32)(H,28,34). The van der Waals surface area contributed by atoms with Gasteiger partial charge in [0.15, 0.2) is 0 Å². The van der Waals surface area contributed by atoms with Crippen LogP contribution in [0.4, 0.5) is 4.79 Å². The van der Waals surface area contributed by atoms with E-state index in [0.717, 1.165) is 4.90 Å². The van der Waals surface area contributed by atoms with Gasteiger partial charge in [0.05, 0.1) is 25.7 Å². The van der Waals surface area contributed by atoms with Crippen LogP contribution in [0.3, 0.4) is 0 Å². The second-order valence-corrected chi connectivity index (χ2v) is 9.06. The van der Waals surface area contributed by atoms with Gasteiger partial charge >= 0.3 is 12.1 Å². The van der Waals surface area contributed by atoms with Gasteiger partial charge in [-0.2, -0.15) is 5.26 Å². The number of ether oxygens (including phenoxy) is 2. The summed E-state index contributed by atoms with van der Waals surface area (Å²) < 4.78 is 10.0. The third-order valence-electron chi connectivity index (χ3n) is 5.01. The Bertz CT molecular complexity index is 961. The van der Waals surface area contributed by atoms with Gasteiger partial charge in [-0.1, -0.05) is 18.2 Å². The van der Waals surface area contributed by atoms with Crippen molar-refractivity contribution in [3.05, 3.63) is 34.9 Å². The molecule has 0 bridgehead atoms. The van der Waals surface area contributed by atoms with E-state index in [9.17, 15) is 29.5 Å². The van der Waals surface area contributed by atoms with E-state index < -0.39 is 54.7 Å². The van der Waals surface area contributed by atoms with Crippen LogP contribution in [0.25, 0.3) is 0 Å². The molecule has 0 heterocycles. The van der Waals surface area contributed by atoms with Crippen LogP contribution >= 0.6 is 0 Å². The molecule has 2 atom stereocenters. The lowest BCUT2D eigenvalue weighted by Gasteiger charge is -2.33. The summed E-state index contributed by atoms with van der Waals surface area (Å²) in [4.78, 5) is 51.8. The van der Waals surface area contributed by atoms with Crippen molar-refractivity contribution in [3.8, 4) is 6.07 Å². The Labute approximate surface area is 211 Å². The molecule has 11 heteroatoms. The number of rotatable bonds is 11. The Morgan fingerprint density at radius 1 is 1.17 bits per heavy atom. The molecule has 3 N–H and O–H groups in total. The number of esters is 1. The number of alkyl carbamates (subject to hydrolysis) is 1. The summed E-state index contributed by atoms with van der Waals surface area (Å²) in [7, 11) is 0. The van der Waals surface area contributed by atoms with Crippen LogP contribution in [0.1, 0.15) is 56.8 Å². The largest absolute Gasteiger partial charge is 0.466 e. The van der Waals surface area contributed by atoms with E-state index >= 15 is 0 Å². The molecule has 0 saturated heterocycles. The number of aliphatic hydroxyl groups excluding tert-OH is 1. The van der Waals surface area contributed by atoms with Gasteiger partial charge < -0.3 is 30.1 Å². The molecule has 3 amide bonds. The highest BCUT2D eigenvalue weighted by atomic mass is 16.6. The zero-order valence-corrected chi connectivity index (χ0v) is 21.7. The Hall–Kier alpha value is -3.65. The molecule has 0 fully saturated rings. The van der Waals surface area contributed by atoms with E-state index in [-0.39, 0.29) is 19.6 Å². The maximum atomic E-state index is 13.5. The number of hydrogen-bond donors (Lipinski definition) is 3. The van der Waals surface area contributed by atoms with Gasteiger partial charge in [0.2, 0.25) is 11.8 Å². The van der Waals surface area contributed by atoms with Crippen LogP contribution < -0.4 is 10.6 Å². The van der Waals surface area contributed by atoms with E-state index in [2.05, 4.69) is 10.6 Å². The van der Waals surface area contributed by atoms with Crippen LogP contribution in [0.2, 0.25) is 0 Å². The van der Waals surface area contributed by atoms with Crippen molar-refractivity contribution >= 4 is 23.9 Å². The molecule has 0 spiro atoms. The highest BCUT2D eigenvalue weighted by molar-refractivity contribution is 5.93. The summed E-state index contributed by atoms with van der Waals surface area (Å²) in [6.45, 7) is 8.98. The van der Waals surface area contributed by atoms with E-state index in [0.29, 0.717) is 16.7 Å². The van der Waals surface area contributed by atoms with Crippen molar-refractivity contribution in [1.29, 1.82) is 5.26 Å². The smallest absolute Gasteiger partial charge is 0.408 e. The van der Waals surface area contributed by atoms with Crippen molar-refractivity contribution in [2.24, 2.45) is 0 Å². The second kappa shape index (κ2) is 14.0. The summed E-state index contributed by atoms with van der Waals surface area (Å²) in [6, 6.07) is 4.46. The molecule has 11 nitrogen and oxygen atoms in total. The fraction of sp³-hybridized carbons (Fsp3) is 0.560. The summed E-state index contributed by atoms with van der Waals surface area (Å²) in [6.07, 6.45) is -1.01. The minimum absolute atomic E-state index is 0.0483. The third kappa shape index (κ3) is 9.19. The quantitative estimate of drug-likeness (QED) is 0.303. The topological polar surface area (TPSA) is 158 Å². The first-order valence-corrected chi connectivity index (χ1v) is 11.6. The maximum absolute atomic E-state index is 13.5. The predicted octanol–water partition coefficient (Wildman–Crippen LogP) is 1.65. The third-order valence-corrected chi connectivity index (χ3v) is 5.01. The SMILES string of the molecule is CCOC(=O)CCNC(=O)C(c1c(C)cccc1C)N(CC#N)C(=O)C(CO)NC(=O)OC(C)(C)C. The van der Waals surface area contributed by atoms with Crippen molar-refractivity contribution in [1.82, 2.24) is 15.5 Å². The van der Waals surface area contributed by atoms with Crippen molar-refractivity contribution < 1.29 is 33.8 Å². The molecule has 2 unspecified atom stereocenters. The summed E-state index contributed by atoms with van der Waals surface area (Å²) in [5.41, 5.74) is 1.02. The first-order valence-electron chi connectivity index (χ1n) is 11.6. The molecule has 0 aliphatic heterocycles. The fourth-order valence-electron chi connectivity index (χ4n) is 3.51. The molecule has 36 heavy (non-hydrogen) atoms. The zero-order chi connectivity index (χ0) is 27.5.